The molecule has 0 spiro atoms. The van der Waals surface area contributed by atoms with Gasteiger partial charge in [0, 0.05) is 23.6 Å². The number of carbonyl (C=O) groups excluding carboxylic acids is 2. The molecule has 0 fully saturated rings. The zero-order valence-electron chi connectivity index (χ0n) is 18.7. The fourth-order valence-electron chi connectivity index (χ4n) is 2.98. The van der Waals surface area contributed by atoms with Crippen molar-refractivity contribution in [2.75, 3.05) is 18.5 Å². The monoisotopic (exact) mass is 434 g/mol. The van der Waals surface area contributed by atoms with Crippen LogP contribution in [-0.2, 0) is 20.7 Å². The number of amides is 1. The first-order valence-corrected chi connectivity index (χ1v) is 10.7. The van der Waals surface area contributed by atoms with Crippen LogP contribution in [0.15, 0.2) is 73.3 Å². The Morgan fingerprint density at radius 2 is 1.69 bits per heavy atom. The van der Waals surface area contributed by atoms with Gasteiger partial charge in [0.15, 0.2) is 0 Å². The summed E-state index contributed by atoms with van der Waals surface area (Å²) < 4.78 is 4.96. The lowest BCUT2D eigenvalue weighted by molar-refractivity contribution is -0.142. The third kappa shape index (κ3) is 7.92. The summed E-state index contributed by atoms with van der Waals surface area (Å²) in [7, 11) is 0. The van der Waals surface area contributed by atoms with Crippen molar-refractivity contribution in [3.8, 4) is 11.1 Å². The van der Waals surface area contributed by atoms with Gasteiger partial charge in [-0.15, -0.1) is 0 Å². The van der Waals surface area contributed by atoms with Crippen molar-refractivity contribution in [2.45, 2.75) is 33.2 Å². The first-order valence-electron chi connectivity index (χ1n) is 10.7. The van der Waals surface area contributed by atoms with Crippen LogP contribution in [0.1, 0.15) is 26.3 Å². The lowest BCUT2D eigenvalue weighted by Crippen LogP contribution is -2.44. The van der Waals surface area contributed by atoms with Crippen molar-refractivity contribution in [1.82, 2.24) is 15.3 Å². The highest BCUT2D eigenvalue weighted by Gasteiger charge is 2.20. The van der Waals surface area contributed by atoms with E-state index in [0.717, 1.165) is 16.7 Å². The van der Waals surface area contributed by atoms with Crippen molar-refractivity contribution in [3.63, 3.8) is 0 Å². The fourth-order valence-corrected chi connectivity index (χ4v) is 2.98. The van der Waals surface area contributed by atoms with Gasteiger partial charge in [-0.2, -0.15) is 0 Å². The molecule has 3 rings (SSSR count). The Morgan fingerprint density at radius 3 is 2.38 bits per heavy atom. The summed E-state index contributed by atoms with van der Waals surface area (Å²) in [5.41, 5.74) is 3.39. The lowest BCUT2D eigenvalue weighted by atomic mass is 10.0. The molecule has 2 N–H and O–H groups in total. The number of hydrogen-bond acceptors (Lipinski definition) is 6. The van der Waals surface area contributed by atoms with Gasteiger partial charge in [0.25, 0.3) is 0 Å². The summed E-state index contributed by atoms with van der Waals surface area (Å²) in [5.74, 6) is -0.626. The summed E-state index contributed by atoms with van der Waals surface area (Å²) in [5, 5.41) is 5.95. The molecule has 1 unspecified atom stereocenters. The molecule has 0 aliphatic heterocycles. The molecular weight excluding hydrogens is 404 g/mol. The Balaban J connectivity index is 0.00000176. The quantitative estimate of drug-likeness (QED) is 0.497. The van der Waals surface area contributed by atoms with Crippen molar-refractivity contribution in [2.24, 2.45) is 0 Å². The van der Waals surface area contributed by atoms with Crippen LogP contribution in [0.25, 0.3) is 11.1 Å². The van der Waals surface area contributed by atoms with Crippen LogP contribution in [0.3, 0.4) is 0 Å². The normalized spacial score (nSPS) is 11.0. The highest BCUT2D eigenvalue weighted by molar-refractivity contribution is 5.95. The van der Waals surface area contributed by atoms with Gasteiger partial charge < -0.3 is 10.1 Å². The molecule has 0 radical (unpaired) electrons. The van der Waals surface area contributed by atoms with Crippen LogP contribution in [0.4, 0.5) is 5.69 Å². The van der Waals surface area contributed by atoms with E-state index in [-0.39, 0.29) is 12.5 Å². The van der Waals surface area contributed by atoms with Crippen LogP contribution >= 0.6 is 0 Å². The number of aromatic nitrogens is 2. The third-order valence-electron chi connectivity index (χ3n) is 4.42. The minimum absolute atomic E-state index is 0.0415. The first kappa shape index (κ1) is 24.7. The molecule has 1 heterocycles. The van der Waals surface area contributed by atoms with E-state index in [2.05, 4.69) is 20.6 Å². The maximum Gasteiger partial charge on any atom is 0.319 e. The zero-order valence-corrected chi connectivity index (χ0v) is 18.7. The van der Waals surface area contributed by atoms with Gasteiger partial charge >= 0.3 is 5.97 Å². The van der Waals surface area contributed by atoms with E-state index in [4.69, 9.17) is 4.74 Å². The molecule has 7 heteroatoms. The maximum atomic E-state index is 13.0. The van der Waals surface area contributed by atoms with E-state index in [9.17, 15) is 9.59 Å². The Hall–Kier alpha value is -3.58. The summed E-state index contributed by atoms with van der Waals surface area (Å²) in [6.45, 7) is 6.00. The second-order valence-electron chi connectivity index (χ2n) is 6.63. The number of nitrogens with one attached hydrogen (secondary N) is 2. The van der Waals surface area contributed by atoms with Crippen molar-refractivity contribution in [1.29, 1.82) is 0 Å². The van der Waals surface area contributed by atoms with Gasteiger partial charge in [0.2, 0.25) is 5.91 Å². The van der Waals surface area contributed by atoms with Gasteiger partial charge in [0.1, 0.15) is 6.33 Å². The Bertz CT molecular complexity index is 965. The summed E-state index contributed by atoms with van der Waals surface area (Å²) in [4.78, 5) is 32.8. The Morgan fingerprint density at radius 1 is 0.969 bits per heavy atom. The molecule has 168 valence electrons. The molecule has 32 heavy (non-hydrogen) atoms. The lowest BCUT2D eigenvalue weighted by Gasteiger charge is -2.18. The third-order valence-corrected chi connectivity index (χ3v) is 4.42. The Kier molecular flexibility index (Phi) is 10.5. The van der Waals surface area contributed by atoms with E-state index >= 15 is 0 Å². The van der Waals surface area contributed by atoms with Gasteiger partial charge in [-0.05, 0) is 36.6 Å². The van der Waals surface area contributed by atoms with E-state index in [1.807, 2.05) is 68.4 Å². The zero-order chi connectivity index (χ0) is 23.2. The number of ether oxygens (including phenoxy) is 1. The minimum Gasteiger partial charge on any atom is -0.465 e. The van der Waals surface area contributed by atoms with E-state index in [1.54, 1.807) is 19.3 Å². The van der Waals surface area contributed by atoms with Crippen LogP contribution in [0.2, 0.25) is 0 Å². The molecule has 1 atom stereocenters. The smallest absolute Gasteiger partial charge is 0.319 e. The molecule has 7 nitrogen and oxygen atoms in total. The molecule has 0 aliphatic rings. The average Bonchev–Trinajstić information content (AvgIpc) is 2.84. The van der Waals surface area contributed by atoms with E-state index in [0.29, 0.717) is 18.7 Å². The van der Waals surface area contributed by atoms with Crippen LogP contribution in [0, 0.1) is 0 Å². The number of esters is 1. The molecule has 1 amide bonds. The number of anilines is 1. The van der Waals surface area contributed by atoms with Crippen molar-refractivity contribution in [3.05, 3.63) is 78.9 Å². The molecule has 0 saturated carbocycles. The molecule has 0 saturated heterocycles. The summed E-state index contributed by atoms with van der Waals surface area (Å²) in [6, 6.07) is 16.5. The molecule has 0 bridgehead atoms. The topological polar surface area (TPSA) is 93.2 Å². The SMILES string of the molecule is CC.CCOC(=O)CNC(Cc1ccccc1)C(=O)Nc1cccc(-c2cncnc2)c1. The van der Waals surface area contributed by atoms with Crippen molar-refractivity contribution < 1.29 is 14.3 Å². The molecule has 1 aromatic heterocycles. The molecule has 2 aromatic carbocycles. The standard InChI is InChI=1S/C23H24N4O3.C2H6/c1-2-30-22(28)15-26-21(11-17-7-4-3-5-8-17)23(29)27-20-10-6-9-18(12-20)19-13-24-16-25-14-19;1-2/h3-10,12-14,16,21,26H,2,11,15H2,1H3,(H,27,29);1-2H3. The maximum absolute atomic E-state index is 13.0. The largest absolute Gasteiger partial charge is 0.465 e. The Labute approximate surface area is 189 Å². The number of benzene rings is 2. The number of nitrogens with zero attached hydrogens (tertiary/aromatic N) is 2. The molecular formula is C25H30N4O3. The van der Waals surface area contributed by atoms with E-state index < -0.39 is 12.0 Å². The van der Waals surface area contributed by atoms with Crippen LogP contribution < -0.4 is 10.6 Å². The van der Waals surface area contributed by atoms with Crippen LogP contribution in [-0.4, -0.2) is 41.0 Å². The van der Waals surface area contributed by atoms with Crippen LogP contribution in [0.5, 0.6) is 0 Å². The number of carbonyl (C=O) groups is 2. The minimum atomic E-state index is -0.597. The predicted molar refractivity (Wildman–Crippen MR) is 126 cm³/mol. The molecule has 3 aromatic rings. The van der Waals surface area contributed by atoms with Gasteiger partial charge in [-0.3, -0.25) is 14.9 Å². The average molecular weight is 435 g/mol. The summed E-state index contributed by atoms with van der Waals surface area (Å²) >= 11 is 0. The highest BCUT2D eigenvalue weighted by Crippen LogP contribution is 2.21. The van der Waals surface area contributed by atoms with Crippen molar-refractivity contribution >= 4 is 17.6 Å². The van der Waals surface area contributed by atoms with Gasteiger partial charge in [-0.25, -0.2) is 9.97 Å². The second kappa shape index (κ2) is 13.7. The number of hydrogen-bond donors (Lipinski definition) is 2. The summed E-state index contributed by atoms with van der Waals surface area (Å²) in [6.07, 6.45) is 5.34. The second-order valence-corrected chi connectivity index (χ2v) is 6.63. The van der Waals surface area contributed by atoms with Gasteiger partial charge in [0.05, 0.1) is 19.2 Å². The molecule has 0 aliphatic carbocycles. The van der Waals surface area contributed by atoms with Gasteiger partial charge in [-0.1, -0.05) is 56.3 Å². The predicted octanol–water partition coefficient (Wildman–Crippen LogP) is 3.87. The highest BCUT2D eigenvalue weighted by atomic mass is 16.5. The fraction of sp³-hybridized carbons (Fsp3) is 0.280. The van der Waals surface area contributed by atoms with E-state index in [1.165, 1.54) is 6.33 Å². The number of rotatable bonds is 9. The first-order chi connectivity index (χ1) is 15.7.